The van der Waals surface area contributed by atoms with Gasteiger partial charge in [-0.05, 0) is 37.4 Å². The molecular formula is C14H19NO. The summed E-state index contributed by atoms with van der Waals surface area (Å²) in [7, 11) is 0. The van der Waals surface area contributed by atoms with E-state index in [-0.39, 0.29) is 0 Å². The van der Waals surface area contributed by atoms with Crippen LogP contribution in [0.1, 0.15) is 24.0 Å². The molecular weight excluding hydrogens is 198 g/mol. The first-order valence-electron chi connectivity index (χ1n) is 5.64. The zero-order valence-electron chi connectivity index (χ0n) is 9.83. The van der Waals surface area contributed by atoms with E-state index >= 15 is 0 Å². The number of rotatable bonds is 6. The fraction of sp³-hybridized carbons (Fsp3) is 0.429. The molecule has 2 nitrogen and oxygen atoms in total. The van der Waals surface area contributed by atoms with Gasteiger partial charge in [0.1, 0.15) is 5.75 Å². The Kier molecular flexibility index (Phi) is 5.45. The molecule has 0 aliphatic rings. The number of ether oxygens (including phenoxy) is 1. The average molecular weight is 217 g/mol. The van der Waals surface area contributed by atoms with Crippen molar-refractivity contribution in [1.29, 1.82) is 0 Å². The summed E-state index contributed by atoms with van der Waals surface area (Å²) in [5.74, 6) is 3.59. The summed E-state index contributed by atoms with van der Waals surface area (Å²) in [5.41, 5.74) is 7.92. The molecule has 0 aliphatic carbocycles. The van der Waals surface area contributed by atoms with Crippen molar-refractivity contribution in [2.75, 3.05) is 13.2 Å². The largest absolute Gasteiger partial charge is 0.493 e. The fourth-order valence-corrected chi connectivity index (χ4v) is 1.62. The maximum absolute atomic E-state index is 5.77. The molecule has 0 unspecified atom stereocenters. The summed E-state index contributed by atoms with van der Waals surface area (Å²) in [6.45, 7) is 3.37. The van der Waals surface area contributed by atoms with Gasteiger partial charge in [-0.3, -0.25) is 0 Å². The topological polar surface area (TPSA) is 35.2 Å². The SMILES string of the molecule is C#CCCCOc1c(C)cccc1CCN. The van der Waals surface area contributed by atoms with Crippen molar-refractivity contribution in [2.24, 2.45) is 5.73 Å². The zero-order valence-corrected chi connectivity index (χ0v) is 9.83. The van der Waals surface area contributed by atoms with Gasteiger partial charge < -0.3 is 10.5 Å². The standard InChI is InChI=1S/C14H19NO/c1-3-4-5-11-16-14-12(2)7-6-8-13(14)9-10-15/h1,6-8H,4-5,9-11,15H2,2H3. The van der Waals surface area contributed by atoms with Crippen LogP contribution in [0.15, 0.2) is 18.2 Å². The molecule has 2 N–H and O–H groups in total. The predicted molar refractivity (Wildman–Crippen MR) is 67.5 cm³/mol. The maximum Gasteiger partial charge on any atom is 0.125 e. The second kappa shape index (κ2) is 6.92. The molecule has 1 aromatic rings. The lowest BCUT2D eigenvalue weighted by Gasteiger charge is -2.13. The third-order valence-electron chi connectivity index (χ3n) is 2.42. The van der Waals surface area contributed by atoms with E-state index in [2.05, 4.69) is 25.0 Å². The first-order valence-corrected chi connectivity index (χ1v) is 5.64. The van der Waals surface area contributed by atoms with Crippen LogP contribution >= 0.6 is 0 Å². The Morgan fingerprint density at radius 1 is 1.44 bits per heavy atom. The van der Waals surface area contributed by atoms with Crippen LogP contribution in [0.4, 0.5) is 0 Å². The van der Waals surface area contributed by atoms with Crippen molar-refractivity contribution in [2.45, 2.75) is 26.2 Å². The lowest BCUT2D eigenvalue weighted by Crippen LogP contribution is -2.07. The lowest BCUT2D eigenvalue weighted by atomic mass is 10.1. The van der Waals surface area contributed by atoms with E-state index in [0.29, 0.717) is 13.2 Å². The number of benzene rings is 1. The number of hydrogen-bond donors (Lipinski definition) is 1. The van der Waals surface area contributed by atoms with Gasteiger partial charge in [0.15, 0.2) is 0 Å². The van der Waals surface area contributed by atoms with Crippen molar-refractivity contribution in [1.82, 2.24) is 0 Å². The van der Waals surface area contributed by atoms with E-state index in [0.717, 1.165) is 30.6 Å². The Labute approximate surface area is 97.8 Å². The first-order chi connectivity index (χ1) is 7.79. The molecule has 0 saturated carbocycles. The van der Waals surface area contributed by atoms with E-state index in [1.54, 1.807) is 0 Å². The van der Waals surface area contributed by atoms with Gasteiger partial charge in [0.25, 0.3) is 0 Å². The second-order valence-electron chi connectivity index (χ2n) is 3.76. The molecule has 0 atom stereocenters. The Morgan fingerprint density at radius 2 is 2.25 bits per heavy atom. The first kappa shape index (κ1) is 12.6. The van der Waals surface area contributed by atoms with Gasteiger partial charge >= 0.3 is 0 Å². The molecule has 0 heterocycles. The normalized spacial score (nSPS) is 9.81. The van der Waals surface area contributed by atoms with Crippen LogP contribution in [0, 0.1) is 19.3 Å². The Balaban J connectivity index is 2.65. The second-order valence-corrected chi connectivity index (χ2v) is 3.76. The van der Waals surface area contributed by atoms with E-state index in [1.165, 1.54) is 5.56 Å². The number of terminal acetylenes is 1. The number of aryl methyl sites for hydroxylation is 1. The highest BCUT2D eigenvalue weighted by atomic mass is 16.5. The van der Waals surface area contributed by atoms with Gasteiger partial charge in [-0.1, -0.05) is 18.2 Å². The van der Waals surface area contributed by atoms with E-state index in [4.69, 9.17) is 16.9 Å². The fourth-order valence-electron chi connectivity index (χ4n) is 1.62. The Bertz CT molecular complexity index is 365. The highest BCUT2D eigenvalue weighted by Crippen LogP contribution is 2.23. The smallest absolute Gasteiger partial charge is 0.125 e. The molecule has 0 amide bonds. The number of unbranched alkanes of at least 4 members (excludes halogenated alkanes) is 1. The molecule has 0 fully saturated rings. The summed E-state index contributed by atoms with van der Waals surface area (Å²) in [4.78, 5) is 0. The molecule has 2 heteroatoms. The zero-order chi connectivity index (χ0) is 11.8. The van der Waals surface area contributed by atoms with E-state index in [9.17, 15) is 0 Å². The van der Waals surface area contributed by atoms with Crippen LogP contribution in [0.5, 0.6) is 5.75 Å². The third-order valence-corrected chi connectivity index (χ3v) is 2.42. The van der Waals surface area contributed by atoms with Gasteiger partial charge in [0, 0.05) is 6.42 Å². The summed E-state index contributed by atoms with van der Waals surface area (Å²) < 4.78 is 5.77. The number of para-hydroxylation sites is 1. The molecule has 0 saturated heterocycles. The lowest BCUT2D eigenvalue weighted by molar-refractivity contribution is 0.307. The minimum absolute atomic E-state index is 0.643. The predicted octanol–water partition coefficient (Wildman–Crippen LogP) is 2.29. The van der Waals surface area contributed by atoms with Gasteiger partial charge in [0.05, 0.1) is 6.61 Å². The third kappa shape index (κ3) is 3.60. The van der Waals surface area contributed by atoms with Crippen LogP contribution in [0.25, 0.3) is 0 Å². The van der Waals surface area contributed by atoms with Gasteiger partial charge in [-0.2, -0.15) is 0 Å². The minimum atomic E-state index is 0.643. The van der Waals surface area contributed by atoms with E-state index < -0.39 is 0 Å². The molecule has 0 radical (unpaired) electrons. The summed E-state index contributed by atoms with van der Waals surface area (Å²) >= 11 is 0. The monoisotopic (exact) mass is 217 g/mol. The van der Waals surface area contributed by atoms with Crippen LogP contribution in [0.2, 0.25) is 0 Å². The highest BCUT2D eigenvalue weighted by Gasteiger charge is 2.05. The number of nitrogens with two attached hydrogens (primary N) is 1. The molecule has 0 aliphatic heterocycles. The van der Waals surface area contributed by atoms with Gasteiger partial charge in [-0.25, -0.2) is 0 Å². The summed E-state index contributed by atoms with van der Waals surface area (Å²) in [5, 5.41) is 0. The molecule has 86 valence electrons. The van der Waals surface area contributed by atoms with Crippen LogP contribution in [0.3, 0.4) is 0 Å². The van der Waals surface area contributed by atoms with Crippen molar-refractivity contribution < 1.29 is 4.74 Å². The molecule has 0 bridgehead atoms. The van der Waals surface area contributed by atoms with Gasteiger partial charge in [-0.15, -0.1) is 12.3 Å². The minimum Gasteiger partial charge on any atom is -0.493 e. The van der Waals surface area contributed by atoms with Crippen LogP contribution in [-0.2, 0) is 6.42 Å². The quantitative estimate of drug-likeness (QED) is 0.586. The van der Waals surface area contributed by atoms with Crippen molar-refractivity contribution in [3.8, 4) is 18.1 Å². The van der Waals surface area contributed by atoms with Crippen LogP contribution < -0.4 is 10.5 Å². The van der Waals surface area contributed by atoms with Crippen LogP contribution in [-0.4, -0.2) is 13.2 Å². The molecule has 0 aromatic heterocycles. The maximum atomic E-state index is 5.77. The Hall–Kier alpha value is -1.46. The Morgan fingerprint density at radius 3 is 2.94 bits per heavy atom. The van der Waals surface area contributed by atoms with Crippen molar-refractivity contribution in [3.05, 3.63) is 29.3 Å². The van der Waals surface area contributed by atoms with Gasteiger partial charge in [0.2, 0.25) is 0 Å². The summed E-state index contributed by atoms with van der Waals surface area (Å²) in [6.07, 6.45) is 7.70. The average Bonchev–Trinajstić information content (AvgIpc) is 2.28. The molecule has 0 spiro atoms. The highest BCUT2D eigenvalue weighted by molar-refractivity contribution is 5.40. The van der Waals surface area contributed by atoms with E-state index in [1.807, 2.05) is 6.07 Å². The molecule has 16 heavy (non-hydrogen) atoms. The molecule has 1 rings (SSSR count). The van der Waals surface area contributed by atoms with Crippen molar-refractivity contribution in [3.63, 3.8) is 0 Å². The van der Waals surface area contributed by atoms with Crippen molar-refractivity contribution >= 4 is 0 Å². The number of hydrogen-bond acceptors (Lipinski definition) is 2. The molecule has 1 aromatic carbocycles. The summed E-state index contributed by atoms with van der Waals surface area (Å²) in [6, 6.07) is 6.15.